The minimum absolute atomic E-state index is 0.205. The molecule has 50 heavy (non-hydrogen) atoms. The fourth-order valence-electron chi connectivity index (χ4n) is 6.22. The largest absolute Gasteiger partial charge is 0.508 e. The molecule has 0 amide bonds. The Balaban J connectivity index is 1.05. The number of phenols is 2. The number of nitrogens with zero attached hydrogens (tertiary/aromatic N) is 3. The summed E-state index contributed by atoms with van der Waals surface area (Å²) in [6.45, 7) is 7.88. The summed E-state index contributed by atoms with van der Waals surface area (Å²) < 4.78 is 23.9. The second-order valence-corrected chi connectivity index (χ2v) is 12.4. The van der Waals surface area contributed by atoms with Gasteiger partial charge in [-0.3, -0.25) is 14.8 Å². The van der Waals surface area contributed by atoms with Crippen molar-refractivity contribution in [3.8, 4) is 33.8 Å². The number of benzene rings is 4. The molecule has 0 saturated carbocycles. The van der Waals surface area contributed by atoms with E-state index in [4.69, 9.17) is 18.9 Å². The lowest BCUT2D eigenvalue weighted by molar-refractivity contribution is 0.00612. The summed E-state index contributed by atoms with van der Waals surface area (Å²) in [5.74, 6) is 0.488. The topological polar surface area (TPSA) is 96.8 Å². The summed E-state index contributed by atoms with van der Waals surface area (Å²) in [5.41, 5.74) is 6.59. The molecular formula is C41H47N3O6. The first-order valence-corrected chi connectivity index (χ1v) is 17.4. The molecule has 1 fully saturated rings. The van der Waals surface area contributed by atoms with E-state index in [1.54, 1.807) is 12.3 Å². The zero-order valence-corrected chi connectivity index (χ0v) is 28.6. The minimum atomic E-state index is 0.205. The first-order valence-electron chi connectivity index (χ1n) is 17.4. The van der Waals surface area contributed by atoms with Crippen LogP contribution < -0.4 is 0 Å². The molecule has 9 heteroatoms. The summed E-state index contributed by atoms with van der Waals surface area (Å²) in [6, 6.07) is 32.2. The maximum absolute atomic E-state index is 11.3. The Hall–Kier alpha value is -4.35. The van der Waals surface area contributed by atoms with E-state index in [-0.39, 0.29) is 11.5 Å². The second-order valence-electron chi connectivity index (χ2n) is 12.4. The van der Waals surface area contributed by atoms with Crippen LogP contribution in [0.3, 0.4) is 0 Å². The van der Waals surface area contributed by atoms with Gasteiger partial charge >= 0.3 is 0 Å². The van der Waals surface area contributed by atoms with Gasteiger partial charge in [0, 0.05) is 62.0 Å². The van der Waals surface area contributed by atoms with Crippen molar-refractivity contribution in [1.82, 2.24) is 14.8 Å². The van der Waals surface area contributed by atoms with Crippen LogP contribution in [0.4, 0.5) is 0 Å². The maximum Gasteiger partial charge on any atom is 0.146 e. The molecule has 0 radical (unpaired) electrons. The molecule has 1 aliphatic heterocycles. The molecule has 262 valence electrons. The number of rotatable bonds is 6. The van der Waals surface area contributed by atoms with Crippen LogP contribution in [-0.4, -0.2) is 104 Å². The summed E-state index contributed by atoms with van der Waals surface area (Å²) in [7, 11) is 0. The van der Waals surface area contributed by atoms with Crippen LogP contribution in [0, 0.1) is 0 Å². The Labute approximate surface area is 294 Å². The average molecular weight is 678 g/mol. The van der Waals surface area contributed by atoms with E-state index >= 15 is 0 Å². The Kier molecular flexibility index (Phi) is 13.2. The van der Waals surface area contributed by atoms with Crippen LogP contribution in [0.25, 0.3) is 33.2 Å². The highest BCUT2D eigenvalue weighted by Gasteiger charge is 2.17. The predicted octanol–water partition coefficient (Wildman–Crippen LogP) is 6.36. The van der Waals surface area contributed by atoms with Crippen LogP contribution in [0.5, 0.6) is 11.5 Å². The van der Waals surface area contributed by atoms with E-state index in [1.165, 1.54) is 0 Å². The smallest absolute Gasteiger partial charge is 0.146 e. The molecular weight excluding hydrogens is 630 g/mol. The number of aromatic hydroxyl groups is 2. The van der Waals surface area contributed by atoms with E-state index < -0.39 is 0 Å². The number of aromatic nitrogens is 1. The van der Waals surface area contributed by atoms with Gasteiger partial charge in [0.25, 0.3) is 0 Å². The molecule has 4 aromatic carbocycles. The average Bonchev–Trinajstić information content (AvgIpc) is 3.15. The third-order valence-corrected chi connectivity index (χ3v) is 8.96. The van der Waals surface area contributed by atoms with Crippen LogP contribution >= 0.6 is 0 Å². The van der Waals surface area contributed by atoms with Gasteiger partial charge in [0.15, 0.2) is 0 Å². The lowest BCUT2D eigenvalue weighted by Gasteiger charge is -2.25. The van der Waals surface area contributed by atoms with Crippen molar-refractivity contribution in [1.29, 1.82) is 0 Å². The highest BCUT2D eigenvalue weighted by Crippen LogP contribution is 2.36. The lowest BCUT2D eigenvalue weighted by atomic mass is 9.97. The molecule has 1 saturated heterocycles. The Bertz CT molecular complexity index is 1750. The fraction of sp³-hybridized carbons (Fsp3) is 0.341. The van der Waals surface area contributed by atoms with E-state index in [0.717, 1.165) is 38.8 Å². The molecule has 5 aromatic rings. The van der Waals surface area contributed by atoms with E-state index in [0.29, 0.717) is 97.6 Å². The van der Waals surface area contributed by atoms with E-state index in [2.05, 4.69) is 51.2 Å². The third kappa shape index (κ3) is 9.88. The van der Waals surface area contributed by atoms with Crippen molar-refractivity contribution < 1.29 is 29.2 Å². The van der Waals surface area contributed by atoms with Gasteiger partial charge in [-0.05, 0) is 46.5 Å². The predicted molar refractivity (Wildman–Crippen MR) is 196 cm³/mol. The second kappa shape index (κ2) is 18.6. The number of pyridine rings is 1. The molecule has 0 spiro atoms. The highest BCUT2D eigenvalue weighted by molar-refractivity contribution is 5.98. The van der Waals surface area contributed by atoms with Gasteiger partial charge in [-0.1, -0.05) is 72.8 Å². The lowest BCUT2D eigenvalue weighted by Crippen LogP contribution is -2.32. The molecule has 2 heterocycles. The third-order valence-electron chi connectivity index (χ3n) is 8.96. The zero-order valence-electron chi connectivity index (χ0n) is 28.6. The van der Waals surface area contributed by atoms with Gasteiger partial charge in [-0.25, -0.2) is 0 Å². The number of fused-ring (bicyclic) bond motifs is 1. The SMILES string of the molecule is Oc1ccc(-c2ccccc2)cc1CN1CCOCCOCCN(Cc2cc(-c3ccccc3)c3cccnc3c2O)CCOCCOCC1. The van der Waals surface area contributed by atoms with Crippen molar-refractivity contribution in [2.75, 3.05) is 79.0 Å². The minimum Gasteiger partial charge on any atom is -0.508 e. The van der Waals surface area contributed by atoms with Crippen LogP contribution in [0.1, 0.15) is 11.1 Å². The maximum atomic E-state index is 11.3. The number of hydrogen-bond acceptors (Lipinski definition) is 9. The molecule has 1 aliphatic rings. The van der Waals surface area contributed by atoms with Crippen molar-refractivity contribution >= 4 is 10.9 Å². The molecule has 0 unspecified atom stereocenters. The first kappa shape index (κ1) is 35.5. The van der Waals surface area contributed by atoms with Crippen LogP contribution in [0.2, 0.25) is 0 Å². The number of ether oxygens (including phenoxy) is 4. The van der Waals surface area contributed by atoms with Gasteiger partial charge in [0.05, 0.1) is 52.9 Å². The molecule has 6 rings (SSSR count). The highest BCUT2D eigenvalue weighted by atomic mass is 16.5. The molecule has 2 N–H and O–H groups in total. The van der Waals surface area contributed by atoms with Gasteiger partial charge in [-0.2, -0.15) is 0 Å². The Morgan fingerprint density at radius 2 is 1.06 bits per heavy atom. The first-order chi connectivity index (χ1) is 24.7. The summed E-state index contributed by atoms with van der Waals surface area (Å²) in [6.07, 6.45) is 1.72. The van der Waals surface area contributed by atoms with Gasteiger partial charge in [0.2, 0.25) is 0 Å². The monoisotopic (exact) mass is 677 g/mol. The molecule has 0 bridgehead atoms. The fourth-order valence-corrected chi connectivity index (χ4v) is 6.22. The van der Waals surface area contributed by atoms with Crippen LogP contribution in [-0.2, 0) is 32.0 Å². The van der Waals surface area contributed by atoms with Gasteiger partial charge < -0.3 is 29.2 Å². The summed E-state index contributed by atoms with van der Waals surface area (Å²) in [4.78, 5) is 9.02. The molecule has 9 nitrogen and oxygen atoms in total. The van der Waals surface area contributed by atoms with Crippen molar-refractivity contribution in [2.45, 2.75) is 13.1 Å². The molecule has 1 aromatic heterocycles. The van der Waals surface area contributed by atoms with Crippen molar-refractivity contribution in [2.24, 2.45) is 0 Å². The molecule has 0 aliphatic carbocycles. The number of phenolic OH excluding ortho intramolecular Hbond substituents is 2. The quantitative estimate of drug-likeness (QED) is 0.213. The summed E-state index contributed by atoms with van der Waals surface area (Å²) >= 11 is 0. The number of hydrogen-bond donors (Lipinski definition) is 2. The summed E-state index contributed by atoms with van der Waals surface area (Å²) in [5, 5.41) is 22.9. The van der Waals surface area contributed by atoms with Gasteiger partial charge in [-0.15, -0.1) is 0 Å². The van der Waals surface area contributed by atoms with Gasteiger partial charge in [0.1, 0.15) is 17.0 Å². The Morgan fingerprint density at radius 3 is 1.64 bits per heavy atom. The van der Waals surface area contributed by atoms with E-state index in [1.807, 2.05) is 54.6 Å². The molecule has 0 atom stereocenters. The normalized spacial score (nSPS) is 16.9. The van der Waals surface area contributed by atoms with Crippen molar-refractivity contribution in [3.63, 3.8) is 0 Å². The standard InChI is InChI=1S/C41H47N3O6/c45-39-14-13-34(32-8-3-1-4-9-32)28-35(39)30-43-16-20-47-24-26-49-22-18-44(19-23-50-27-25-48-21-17-43)31-36-29-38(33-10-5-2-6-11-33)37-12-7-15-42-40(37)41(36)46/h1-15,28-29,45-46H,16-27,30-31H2. The van der Waals surface area contributed by atoms with E-state index in [9.17, 15) is 10.2 Å². The Morgan fingerprint density at radius 1 is 0.520 bits per heavy atom. The zero-order chi connectivity index (χ0) is 34.4. The van der Waals surface area contributed by atoms with Crippen molar-refractivity contribution in [3.05, 3.63) is 114 Å². The van der Waals surface area contributed by atoms with Crippen LogP contribution in [0.15, 0.2) is 103 Å².